The third-order valence-electron chi connectivity index (χ3n) is 2.49. The zero-order valence-electron chi connectivity index (χ0n) is 12.7. The largest absolute Gasteiger partial charge is 0.431 e. The standard InChI is InChI=1S/C11H21N5O5/c1-7(15-20-9(18)13-5)11(2,3)16(8(17)12-4)21-10(19)14-6/h15H,1H2,2-6H3,(H,12,17)(H,13,18)(H,14,19). The van der Waals surface area contributed by atoms with Gasteiger partial charge in [0.25, 0.3) is 0 Å². The molecule has 4 amide bonds. The average molecular weight is 303 g/mol. The lowest BCUT2D eigenvalue weighted by atomic mass is 10.0. The molecule has 0 heterocycles. The van der Waals surface area contributed by atoms with Crippen LogP contribution in [0.2, 0.25) is 0 Å². The van der Waals surface area contributed by atoms with Crippen molar-refractivity contribution in [3.8, 4) is 0 Å². The molecular weight excluding hydrogens is 282 g/mol. The molecule has 0 rings (SSSR count). The highest BCUT2D eigenvalue weighted by Crippen LogP contribution is 2.22. The van der Waals surface area contributed by atoms with Gasteiger partial charge in [-0.2, -0.15) is 0 Å². The minimum Gasteiger partial charge on any atom is -0.339 e. The minimum atomic E-state index is -1.21. The number of rotatable bonds is 4. The van der Waals surface area contributed by atoms with E-state index in [1.165, 1.54) is 35.0 Å². The lowest BCUT2D eigenvalue weighted by Gasteiger charge is -2.36. The first-order valence-corrected chi connectivity index (χ1v) is 5.96. The predicted octanol–water partition coefficient (Wildman–Crippen LogP) is 0.0517. The number of amides is 4. The Morgan fingerprint density at radius 3 is 1.95 bits per heavy atom. The van der Waals surface area contributed by atoms with Crippen molar-refractivity contribution in [1.29, 1.82) is 0 Å². The van der Waals surface area contributed by atoms with Crippen molar-refractivity contribution in [2.45, 2.75) is 19.4 Å². The van der Waals surface area contributed by atoms with E-state index >= 15 is 0 Å². The number of urea groups is 1. The van der Waals surface area contributed by atoms with Crippen molar-refractivity contribution in [3.63, 3.8) is 0 Å². The van der Waals surface area contributed by atoms with Crippen molar-refractivity contribution in [3.05, 3.63) is 12.3 Å². The van der Waals surface area contributed by atoms with Gasteiger partial charge in [-0.1, -0.05) is 6.58 Å². The van der Waals surface area contributed by atoms with Crippen LogP contribution in [0.5, 0.6) is 0 Å². The Bertz CT molecular complexity index is 423. The smallest absolute Gasteiger partial charge is 0.339 e. The first kappa shape index (κ1) is 18.4. The Balaban J connectivity index is 5.06. The highest BCUT2D eigenvalue weighted by molar-refractivity contribution is 5.77. The van der Waals surface area contributed by atoms with E-state index in [1.54, 1.807) is 0 Å². The zero-order valence-corrected chi connectivity index (χ0v) is 12.7. The van der Waals surface area contributed by atoms with E-state index in [-0.39, 0.29) is 5.70 Å². The highest BCUT2D eigenvalue weighted by Gasteiger charge is 2.38. The zero-order chi connectivity index (χ0) is 16.6. The van der Waals surface area contributed by atoms with Crippen LogP contribution >= 0.6 is 0 Å². The maximum atomic E-state index is 11.8. The number of nitrogens with one attached hydrogen (secondary N) is 4. The molecule has 4 N–H and O–H groups in total. The van der Waals surface area contributed by atoms with Gasteiger partial charge in [0.15, 0.2) is 0 Å². The van der Waals surface area contributed by atoms with Crippen molar-refractivity contribution in [2.24, 2.45) is 0 Å². The van der Waals surface area contributed by atoms with Crippen LogP contribution in [0.25, 0.3) is 0 Å². The van der Waals surface area contributed by atoms with Gasteiger partial charge in [-0.25, -0.2) is 19.9 Å². The number of hydrogen-bond acceptors (Lipinski definition) is 6. The predicted molar refractivity (Wildman–Crippen MR) is 73.7 cm³/mol. The van der Waals surface area contributed by atoms with Crippen LogP contribution in [-0.2, 0) is 9.68 Å². The second kappa shape index (κ2) is 7.82. The Labute approximate surface area is 122 Å². The maximum absolute atomic E-state index is 11.8. The summed E-state index contributed by atoms with van der Waals surface area (Å²) in [5, 5.41) is 7.52. The van der Waals surface area contributed by atoms with E-state index in [9.17, 15) is 14.4 Å². The van der Waals surface area contributed by atoms with Gasteiger partial charge >= 0.3 is 18.2 Å². The SMILES string of the molecule is C=C(NOC(=O)NC)C(C)(C)N(OC(=O)NC)C(=O)NC. The van der Waals surface area contributed by atoms with E-state index in [4.69, 9.17) is 4.84 Å². The van der Waals surface area contributed by atoms with Crippen LogP contribution in [0.15, 0.2) is 12.3 Å². The maximum Gasteiger partial charge on any atom is 0.431 e. The first-order chi connectivity index (χ1) is 9.70. The molecule has 0 aromatic heterocycles. The molecule has 0 aromatic rings. The normalized spacial score (nSPS) is 9.95. The Morgan fingerprint density at radius 1 is 1.00 bits per heavy atom. The van der Waals surface area contributed by atoms with Gasteiger partial charge in [-0.3, -0.25) is 0 Å². The van der Waals surface area contributed by atoms with Gasteiger partial charge in [-0.15, -0.1) is 5.06 Å². The van der Waals surface area contributed by atoms with Gasteiger partial charge in [0.2, 0.25) is 0 Å². The van der Waals surface area contributed by atoms with Crippen molar-refractivity contribution >= 4 is 18.2 Å². The lowest BCUT2D eigenvalue weighted by Crippen LogP contribution is -2.55. The molecular formula is C11H21N5O5. The number of carbonyl (C=O) groups is 3. The van der Waals surface area contributed by atoms with Gasteiger partial charge < -0.3 is 25.6 Å². The molecule has 0 radical (unpaired) electrons. The second-order valence-electron chi connectivity index (χ2n) is 4.26. The van der Waals surface area contributed by atoms with Gasteiger partial charge in [0.05, 0.1) is 5.70 Å². The summed E-state index contributed by atoms with van der Waals surface area (Å²) < 4.78 is 0. The Hall–Kier alpha value is -2.65. The number of hydrogen-bond donors (Lipinski definition) is 4. The fraction of sp³-hybridized carbons (Fsp3) is 0.545. The monoisotopic (exact) mass is 303 g/mol. The quantitative estimate of drug-likeness (QED) is 0.545. The summed E-state index contributed by atoms with van der Waals surface area (Å²) in [5.74, 6) is 0. The molecule has 10 nitrogen and oxygen atoms in total. The Kier molecular flexibility index (Phi) is 6.84. The number of nitrogens with zero attached hydrogens (tertiary/aromatic N) is 1. The molecule has 120 valence electrons. The molecule has 0 bridgehead atoms. The van der Waals surface area contributed by atoms with Gasteiger partial charge in [0.1, 0.15) is 5.54 Å². The third kappa shape index (κ3) is 5.09. The number of hydroxylamine groups is 3. The van der Waals surface area contributed by atoms with Gasteiger partial charge in [-0.05, 0) is 13.8 Å². The fourth-order valence-electron chi connectivity index (χ4n) is 1.05. The van der Waals surface area contributed by atoms with Crippen molar-refractivity contribution in [1.82, 2.24) is 26.5 Å². The molecule has 21 heavy (non-hydrogen) atoms. The highest BCUT2D eigenvalue weighted by atomic mass is 16.7. The summed E-state index contributed by atoms with van der Waals surface area (Å²) in [4.78, 5) is 43.7. The number of carbonyl (C=O) groups excluding carboxylic acids is 3. The molecule has 0 aliphatic rings. The topological polar surface area (TPSA) is 121 Å². The molecule has 10 heteroatoms. The van der Waals surface area contributed by atoms with E-state index in [0.717, 1.165) is 5.06 Å². The molecule has 0 saturated carbocycles. The van der Waals surface area contributed by atoms with E-state index in [1.807, 2.05) is 0 Å². The van der Waals surface area contributed by atoms with Gasteiger partial charge in [0, 0.05) is 21.1 Å². The van der Waals surface area contributed by atoms with Crippen molar-refractivity contribution in [2.75, 3.05) is 21.1 Å². The summed E-state index contributed by atoms with van der Waals surface area (Å²) in [6.45, 7) is 6.72. The lowest BCUT2D eigenvalue weighted by molar-refractivity contribution is -0.112. The molecule has 0 unspecified atom stereocenters. The Morgan fingerprint density at radius 2 is 1.52 bits per heavy atom. The van der Waals surface area contributed by atoms with Crippen LogP contribution in [0.4, 0.5) is 14.4 Å². The van der Waals surface area contributed by atoms with E-state index in [0.29, 0.717) is 0 Å². The van der Waals surface area contributed by atoms with Crippen LogP contribution in [0.3, 0.4) is 0 Å². The third-order valence-corrected chi connectivity index (χ3v) is 2.49. The molecule has 0 aromatic carbocycles. The molecule has 0 aliphatic carbocycles. The summed E-state index contributed by atoms with van der Waals surface area (Å²) in [5.41, 5.74) is 1.19. The molecule has 0 aliphatic heterocycles. The first-order valence-electron chi connectivity index (χ1n) is 5.96. The fourth-order valence-corrected chi connectivity index (χ4v) is 1.05. The van der Waals surface area contributed by atoms with Crippen LogP contribution in [0.1, 0.15) is 13.8 Å². The van der Waals surface area contributed by atoms with E-state index < -0.39 is 23.8 Å². The van der Waals surface area contributed by atoms with Crippen molar-refractivity contribution < 1.29 is 24.1 Å². The molecule has 0 spiro atoms. The summed E-state index contributed by atoms with van der Waals surface area (Å²) in [6, 6.07) is -0.688. The molecule has 0 saturated heterocycles. The van der Waals surface area contributed by atoms with E-state index in [2.05, 4.69) is 32.8 Å². The second-order valence-corrected chi connectivity index (χ2v) is 4.26. The summed E-state index contributed by atoms with van der Waals surface area (Å²) >= 11 is 0. The summed E-state index contributed by atoms with van der Waals surface area (Å²) in [6.07, 6.45) is -1.59. The van der Waals surface area contributed by atoms with Crippen LogP contribution in [-0.4, -0.2) is 50.0 Å². The molecule has 0 atom stereocenters. The van der Waals surface area contributed by atoms with Crippen LogP contribution in [0, 0.1) is 0 Å². The molecule has 0 fully saturated rings. The van der Waals surface area contributed by atoms with Crippen LogP contribution < -0.4 is 21.4 Å². The summed E-state index contributed by atoms with van der Waals surface area (Å²) in [7, 11) is 4.10. The average Bonchev–Trinajstić information content (AvgIpc) is 2.48. The minimum absolute atomic E-state index is 0.110.